The molecular formula is C37H50N5O8+. The highest BCUT2D eigenvalue weighted by molar-refractivity contribution is 5.94. The highest BCUT2D eigenvalue weighted by atomic mass is 16.6. The van der Waals surface area contributed by atoms with Crippen molar-refractivity contribution >= 4 is 35.1 Å². The van der Waals surface area contributed by atoms with Crippen LogP contribution in [0.25, 0.3) is 22.0 Å². The molecule has 0 radical (unpaired) electrons. The Hall–Kier alpha value is -5.07. The Kier molecular flexibility index (Phi) is 12.9. The molecule has 13 heteroatoms. The van der Waals surface area contributed by atoms with Crippen LogP contribution >= 0.6 is 0 Å². The van der Waals surface area contributed by atoms with Gasteiger partial charge in [0.25, 0.3) is 0 Å². The molecule has 4 rings (SSSR count). The third-order valence-corrected chi connectivity index (χ3v) is 9.02. The van der Waals surface area contributed by atoms with E-state index in [1.165, 1.54) is 9.80 Å². The number of hydrogen-bond acceptors (Lipinski definition) is 8. The quantitative estimate of drug-likeness (QED) is 0.192. The van der Waals surface area contributed by atoms with Crippen LogP contribution < -0.4 is 23.5 Å². The molecule has 0 spiro atoms. The van der Waals surface area contributed by atoms with Crippen LogP contribution in [0.15, 0.2) is 36.5 Å². The van der Waals surface area contributed by atoms with E-state index < -0.39 is 24.4 Å². The molecule has 1 aliphatic rings. The number of nitrogens with zero attached hydrogens (tertiary/aromatic N) is 5. The third-order valence-electron chi connectivity index (χ3n) is 9.02. The van der Waals surface area contributed by atoms with Gasteiger partial charge in [-0.15, -0.1) is 0 Å². The maximum atomic E-state index is 13.2. The van der Waals surface area contributed by atoms with Crippen molar-refractivity contribution in [2.24, 2.45) is 0 Å². The first kappa shape index (κ1) is 37.7. The number of aromatic nitrogens is 1. The maximum Gasteiger partial charge on any atom is 0.415 e. The minimum absolute atomic E-state index is 0.127. The van der Waals surface area contributed by atoms with Crippen LogP contribution in [0.4, 0.5) is 19.2 Å². The molecule has 13 nitrogen and oxygen atoms in total. The monoisotopic (exact) mass is 692 g/mol. The highest BCUT2D eigenvalue weighted by Gasteiger charge is 2.31. The minimum atomic E-state index is -0.554. The lowest BCUT2D eigenvalue weighted by molar-refractivity contribution is -0.686. The second-order valence-corrected chi connectivity index (χ2v) is 11.6. The van der Waals surface area contributed by atoms with Crippen molar-refractivity contribution in [3.63, 3.8) is 0 Å². The van der Waals surface area contributed by atoms with Gasteiger partial charge in [0.05, 0.1) is 10.9 Å². The number of amides is 4. The van der Waals surface area contributed by atoms with Crippen molar-refractivity contribution < 1.29 is 42.7 Å². The summed E-state index contributed by atoms with van der Waals surface area (Å²) in [5.41, 5.74) is 2.52. The number of carbonyl (C=O) groups is 4. The van der Waals surface area contributed by atoms with E-state index in [-0.39, 0.29) is 23.0 Å². The Morgan fingerprint density at radius 3 is 1.50 bits per heavy atom. The first-order valence-corrected chi connectivity index (χ1v) is 17.6. The summed E-state index contributed by atoms with van der Waals surface area (Å²) in [5, 5.41) is 1.31. The van der Waals surface area contributed by atoms with E-state index in [0.29, 0.717) is 70.7 Å². The number of rotatable bonds is 12. The van der Waals surface area contributed by atoms with Gasteiger partial charge < -0.3 is 38.5 Å². The van der Waals surface area contributed by atoms with E-state index in [1.807, 2.05) is 78.3 Å². The molecule has 0 unspecified atom stereocenters. The van der Waals surface area contributed by atoms with Crippen molar-refractivity contribution in [2.45, 2.75) is 68.4 Å². The van der Waals surface area contributed by atoms with Gasteiger partial charge in [-0.1, -0.05) is 0 Å². The van der Waals surface area contributed by atoms with Gasteiger partial charge in [0.15, 0.2) is 35.7 Å². The number of pyridine rings is 1. The Labute approximate surface area is 294 Å². The molecule has 0 N–H and O–H groups in total. The van der Waals surface area contributed by atoms with Crippen LogP contribution in [0.2, 0.25) is 0 Å². The summed E-state index contributed by atoms with van der Waals surface area (Å²) in [6, 6.07) is 8.89. The van der Waals surface area contributed by atoms with Crippen LogP contribution in [0.5, 0.6) is 23.0 Å². The molecule has 3 aromatic rings. The van der Waals surface area contributed by atoms with E-state index in [0.717, 1.165) is 22.2 Å². The third kappa shape index (κ3) is 8.03. The first-order valence-electron chi connectivity index (χ1n) is 17.6. The molecule has 1 aliphatic heterocycles. The molecule has 2 aromatic carbocycles. The zero-order chi connectivity index (χ0) is 36.5. The fourth-order valence-corrected chi connectivity index (χ4v) is 5.92. The van der Waals surface area contributed by atoms with Gasteiger partial charge in [0.2, 0.25) is 5.69 Å². The maximum absolute atomic E-state index is 13.2. The molecule has 0 atom stereocenters. The minimum Gasteiger partial charge on any atom is -0.406 e. The predicted molar refractivity (Wildman–Crippen MR) is 189 cm³/mol. The van der Waals surface area contributed by atoms with Crippen molar-refractivity contribution in [3.05, 3.63) is 42.1 Å². The zero-order valence-electron chi connectivity index (χ0n) is 30.5. The lowest BCUT2D eigenvalue weighted by Gasteiger charge is -2.23. The molecule has 4 amide bonds. The molecule has 50 heavy (non-hydrogen) atoms. The van der Waals surface area contributed by atoms with E-state index in [4.69, 9.17) is 18.9 Å². The normalized spacial score (nSPS) is 11.6. The summed E-state index contributed by atoms with van der Waals surface area (Å²) in [4.78, 5) is 58.5. The summed E-state index contributed by atoms with van der Waals surface area (Å²) in [6.07, 6.45) is 0.271. The first-order chi connectivity index (χ1) is 24.1. The lowest BCUT2D eigenvalue weighted by atomic mass is 9.95. The highest BCUT2D eigenvalue weighted by Crippen LogP contribution is 2.41. The Morgan fingerprint density at radius 1 is 0.580 bits per heavy atom. The van der Waals surface area contributed by atoms with Gasteiger partial charge in [0.1, 0.15) is 0 Å². The molecule has 0 fully saturated rings. The van der Waals surface area contributed by atoms with Crippen molar-refractivity contribution in [3.8, 4) is 34.3 Å². The molecule has 1 aromatic heterocycles. The number of carbonyl (C=O) groups excluding carboxylic acids is 4. The Morgan fingerprint density at radius 2 is 1.02 bits per heavy atom. The number of fused-ring (bicyclic) bond motifs is 4. The predicted octanol–water partition coefficient (Wildman–Crippen LogP) is 6.71. The Balaban J connectivity index is 1.86. The van der Waals surface area contributed by atoms with Gasteiger partial charge >= 0.3 is 24.4 Å². The number of hydrogen-bond donors (Lipinski definition) is 0. The largest absolute Gasteiger partial charge is 0.415 e. The van der Waals surface area contributed by atoms with E-state index in [1.54, 1.807) is 28.0 Å². The van der Waals surface area contributed by atoms with Gasteiger partial charge in [-0.25, -0.2) is 19.2 Å². The summed E-state index contributed by atoms with van der Waals surface area (Å²) in [7, 11) is 0. The lowest BCUT2D eigenvalue weighted by Crippen LogP contribution is -2.40. The molecule has 0 aliphatic carbocycles. The van der Waals surface area contributed by atoms with Gasteiger partial charge in [-0.3, -0.25) is 0 Å². The summed E-state index contributed by atoms with van der Waals surface area (Å²) < 4.78 is 25.5. The smallest absolute Gasteiger partial charge is 0.406 e. The van der Waals surface area contributed by atoms with Gasteiger partial charge in [0, 0.05) is 64.8 Å². The second kappa shape index (κ2) is 17.0. The Bertz CT molecular complexity index is 1710. The van der Waals surface area contributed by atoms with Crippen molar-refractivity contribution in [1.82, 2.24) is 19.6 Å². The summed E-state index contributed by atoms with van der Waals surface area (Å²) in [5.74, 6) is 0.577. The fraction of sp³-hybridized carbons (Fsp3) is 0.486. The second-order valence-electron chi connectivity index (χ2n) is 11.6. The van der Waals surface area contributed by atoms with E-state index >= 15 is 0 Å². The van der Waals surface area contributed by atoms with Crippen LogP contribution in [0, 0.1) is 0 Å². The van der Waals surface area contributed by atoms with E-state index in [2.05, 4.69) is 0 Å². The SMILES string of the molecule is CCN(CC)C(=O)Oc1cc2c(cc1OC(=O)N(CC)CC)-c1cc3ccc(OC(=O)N(CC)CC)c(OC(=O)N(CC)CC)c3c[n+]1CC2. The summed E-state index contributed by atoms with van der Waals surface area (Å²) >= 11 is 0. The average Bonchev–Trinajstić information content (AvgIpc) is 3.11. The number of benzene rings is 2. The number of ether oxygens (including phenoxy) is 4. The van der Waals surface area contributed by atoms with E-state index in [9.17, 15) is 19.2 Å². The molecule has 0 saturated heterocycles. The van der Waals surface area contributed by atoms with Crippen LogP contribution in [0.1, 0.15) is 61.0 Å². The number of aryl methyl sites for hydroxylation is 2. The van der Waals surface area contributed by atoms with Gasteiger partial charge in [-0.05, 0) is 90.6 Å². The van der Waals surface area contributed by atoms with Crippen LogP contribution in [-0.2, 0) is 13.0 Å². The van der Waals surface area contributed by atoms with Crippen molar-refractivity contribution in [1.29, 1.82) is 0 Å². The molecule has 0 saturated carbocycles. The molecular weight excluding hydrogens is 642 g/mol. The fourth-order valence-electron chi connectivity index (χ4n) is 5.92. The average molecular weight is 693 g/mol. The molecule has 270 valence electrons. The van der Waals surface area contributed by atoms with Crippen molar-refractivity contribution in [2.75, 3.05) is 52.4 Å². The molecule has 2 heterocycles. The topological polar surface area (TPSA) is 122 Å². The van der Waals surface area contributed by atoms with Gasteiger partial charge in [-0.2, -0.15) is 4.57 Å². The zero-order valence-corrected chi connectivity index (χ0v) is 30.5. The molecule has 0 bridgehead atoms. The van der Waals surface area contributed by atoms with Crippen LogP contribution in [0.3, 0.4) is 0 Å². The standard InChI is InChI=1S/C37H50N5O8/c1-9-38(10-2)34(43)47-30-18-17-25-21-29-27-23-32(49-36(45)40(13-5)14-6)31(48-35(44)39(11-3)12-4)22-26(27)19-20-42(29)24-28(25)33(30)50-37(46)41(15-7)16-8/h17-18,21-24H,9-16,19-20H2,1-8H3/q+1. The van der Waals surface area contributed by atoms with Crippen LogP contribution in [-0.4, -0.2) is 96.3 Å². The summed E-state index contributed by atoms with van der Waals surface area (Å²) in [6.45, 7) is 19.1.